The lowest BCUT2D eigenvalue weighted by molar-refractivity contribution is -0.165. The second kappa shape index (κ2) is 8.35. The molecule has 1 unspecified atom stereocenters. The highest BCUT2D eigenvalue weighted by molar-refractivity contribution is 14.1. The summed E-state index contributed by atoms with van der Waals surface area (Å²) < 4.78 is 1.06. The molecule has 1 aromatic rings. The molecule has 5 saturated carbocycles. The van der Waals surface area contributed by atoms with Crippen LogP contribution in [0.1, 0.15) is 77.0 Å². The number of hydrogen-bond donors (Lipinski definition) is 0. The number of halogens is 1. The molecular weight excluding hydrogens is 527 g/mol. The summed E-state index contributed by atoms with van der Waals surface area (Å²) in [4.78, 5) is 44.6. The summed E-state index contributed by atoms with van der Waals surface area (Å²) in [6.07, 6.45) is 12.3. The summed E-state index contributed by atoms with van der Waals surface area (Å²) >= 11 is 2.22. The van der Waals surface area contributed by atoms with E-state index in [9.17, 15) is 14.4 Å². The average Bonchev–Trinajstić information content (AvgIpc) is 3.08. The van der Waals surface area contributed by atoms with Crippen molar-refractivity contribution in [1.82, 2.24) is 4.90 Å². The summed E-state index contributed by atoms with van der Waals surface area (Å²) in [5, 5.41) is 0. The topological polar surface area (TPSA) is 57.7 Å². The molecule has 6 aliphatic rings. The van der Waals surface area contributed by atoms with Crippen molar-refractivity contribution in [3.63, 3.8) is 0 Å². The van der Waals surface area contributed by atoms with Gasteiger partial charge in [0.25, 0.3) is 5.91 Å². The van der Waals surface area contributed by atoms with Gasteiger partial charge in [-0.2, -0.15) is 0 Å². The number of carbonyl (C=O) groups excluding carboxylic acids is 3. The van der Waals surface area contributed by atoms with Gasteiger partial charge in [-0.3, -0.25) is 14.4 Å². The molecule has 0 aromatic heterocycles. The molecule has 1 saturated heterocycles. The second-order valence-electron chi connectivity index (χ2n) is 11.5. The molecule has 0 radical (unpaired) electrons. The molecule has 33 heavy (non-hydrogen) atoms. The third-order valence-electron chi connectivity index (χ3n) is 9.24. The van der Waals surface area contributed by atoms with Gasteiger partial charge >= 0.3 is 0 Å². The smallest absolute Gasteiger partial charge is 0.257 e. The van der Waals surface area contributed by atoms with E-state index in [1.807, 2.05) is 29.2 Å². The fourth-order valence-electron chi connectivity index (χ4n) is 8.26. The van der Waals surface area contributed by atoms with Gasteiger partial charge in [-0.25, -0.2) is 4.90 Å². The summed E-state index contributed by atoms with van der Waals surface area (Å²) in [5.74, 6) is 1.87. The van der Waals surface area contributed by atoms with E-state index in [4.69, 9.17) is 0 Å². The molecule has 5 nitrogen and oxygen atoms in total. The van der Waals surface area contributed by atoms with E-state index in [2.05, 4.69) is 22.6 Å². The molecule has 1 heterocycles. The molecule has 0 N–H and O–H groups in total. The normalized spacial score (nSPS) is 36.0. The third kappa shape index (κ3) is 3.75. The molecule has 1 atom stereocenters. The number of nitrogens with zero attached hydrogens (tertiary/aromatic N) is 2. The molecule has 6 heteroatoms. The highest BCUT2D eigenvalue weighted by Crippen LogP contribution is 2.61. The van der Waals surface area contributed by atoms with Crippen LogP contribution >= 0.6 is 22.6 Å². The number of carbonyl (C=O) groups is 3. The molecule has 6 fully saturated rings. The number of rotatable bonds is 4. The SMILES string of the molecule is O=C1CC(N(C(=O)C23CC4CC(CC(C4)C2)C3)C2CCCCC2)C(=O)N1c1ccc(I)cc1. The van der Waals surface area contributed by atoms with Crippen LogP contribution < -0.4 is 4.90 Å². The van der Waals surface area contributed by atoms with E-state index in [1.165, 1.54) is 30.6 Å². The van der Waals surface area contributed by atoms with E-state index in [-0.39, 0.29) is 35.6 Å². The van der Waals surface area contributed by atoms with Crippen molar-refractivity contribution >= 4 is 46.0 Å². The molecule has 5 aliphatic carbocycles. The minimum absolute atomic E-state index is 0.0951. The first kappa shape index (κ1) is 22.1. The van der Waals surface area contributed by atoms with E-state index in [0.717, 1.165) is 48.5 Å². The zero-order valence-electron chi connectivity index (χ0n) is 19.2. The molecule has 0 spiro atoms. The van der Waals surface area contributed by atoms with Crippen LogP contribution in [0, 0.1) is 26.7 Å². The molecule has 176 valence electrons. The van der Waals surface area contributed by atoms with Crippen LogP contribution in [-0.4, -0.2) is 34.7 Å². The second-order valence-corrected chi connectivity index (χ2v) is 12.7. The van der Waals surface area contributed by atoms with Crippen molar-refractivity contribution < 1.29 is 14.4 Å². The van der Waals surface area contributed by atoms with E-state index >= 15 is 0 Å². The van der Waals surface area contributed by atoms with Crippen molar-refractivity contribution in [3.05, 3.63) is 27.8 Å². The first-order valence-electron chi connectivity index (χ1n) is 12.9. The summed E-state index contributed by atoms with van der Waals surface area (Å²) in [6, 6.07) is 6.97. The van der Waals surface area contributed by atoms with Crippen LogP contribution in [0.5, 0.6) is 0 Å². The van der Waals surface area contributed by atoms with Gasteiger partial charge in [0, 0.05) is 9.61 Å². The van der Waals surface area contributed by atoms with Gasteiger partial charge < -0.3 is 4.90 Å². The third-order valence-corrected chi connectivity index (χ3v) is 9.96. The lowest BCUT2D eigenvalue weighted by atomic mass is 9.49. The lowest BCUT2D eigenvalue weighted by Crippen LogP contribution is -2.60. The zero-order valence-corrected chi connectivity index (χ0v) is 21.3. The molecule has 1 aliphatic heterocycles. The van der Waals surface area contributed by atoms with Gasteiger partial charge in [-0.05, 0) is 116 Å². The predicted molar refractivity (Wildman–Crippen MR) is 134 cm³/mol. The highest BCUT2D eigenvalue weighted by atomic mass is 127. The number of anilines is 1. The maximum Gasteiger partial charge on any atom is 0.257 e. The predicted octanol–water partition coefficient (Wildman–Crippen LogP) is 5.30. The number of imide groups is 1. The first-order chi connectivity index (χ1) is 15.9. The number of hydrogen-bond acceptors (Lipinski definition) is 3. The Balaban J connectivity index is 1.33. The quantitative estimate of drug-likeness (QED) is 0.371. The highest BCUT2D eigenvalue weighted by Gasteiger charge is 2.58. The van der Waals surface area contributed by atoms with Crippen LogP contribution in [0.15, 0.2) is 24.3 Å². The Labute approximate surface area is 209 Å². The van der Waals surface area contributed by atoms with E-state index in [1.54, 1.807) is 0 Å². The van der Waals surface area contributed by atoms with Crippen molar-refractivity contribution in [2.24, 2.45) is 23.2 Å². The van der Waals surface area contributed by atoms with Gasteiger partial charge in [0.15, 0.2) is 0 Å². The van der Waals surface area contributed by atoms with Gasteiger partial charge in [0.05, 0.1) is 17.5 Å². The molecule has 1 aromatic carbocycles. The summed E-state index contributed by atoms with van der Waals surface area (Å²) in [5.41, 5.74) is 0.338. The van der Waals surface area contributed by atoms with Crippen LogP contribution in [-0.2, 0) is 14.4 Å². The van der Waals surface area contributed by atoms with Crippen LogP contribution in [0.25, 0.3) is 0 Å². The van der Waals surface area contributed by atoms with Crippen molar-refractivity contribution in [2.75, 3.05) is 4.90 Å². The Morgan fingerprint density at radius 1 is 0.909 bits per heavy atom. The minimum Gasteiger partial charge on any atom is -0.327 e. The molecule has 7 rings (SSSR count). The monoisotopic (exact) mass is 560 g/mol. The Hall–Kier alpha value is -1.44. The Morgan fingerprint density at radius 2 is 1.48 bits per heavy atom. The zero-order chi connectivity index (χ0) is 22.7. The minimum atomic E-state index is -0.639. The van der Waals surface area contributed by atoms with E-state index in [0.29, 0.717) is 23.4 Å². The fourth-order valence-corrected chi connectivity index (χ4v) is 8.62. The van der Waals surface area contributed by atoms with E-state index < -0.39 is 6.04 Å². The molecule has 3 amide bonds. The van der Waals surface area contributed by atoms with Gasteiger partial charge in [-0.1, -0.05) is 19.3 Å². The average molecular weight is 560 g/mol. The summed E-state index contributed by atoms with van der Waals surface area (Å²) in [6.45, 7) is 0. The van der Waals surface area contributed by atoms with Gasteiger partial charge in [0.1, 0.15) is 6.04 Å². The Bertz CT molecular complexity index is 933. The van der Waals surface area contributed by atoms with Crippen molar-refractivity contribution in [1.29, 1.82) is 0 Å². The Morgan fingerprint density at radius 3 is 2.06 bits per heavy atom. The fraction of sp³-hybridized carbons (Fsp3) is 0.667. The van der Waals surface area contributed by atoms with Crippen LogP contribution in [0.3, 0.4) is 0 Å². The maximum atomic E-state index is 14.5. The first-order valence-corrected chi connectivity index (χ1v) is 14.0. The van der Waals surface area contributed by atoms with Crippen LogP contribution in [0.4, 0.5) is 5.69 Å². The molecular formula is C27H33IN2O3. The maximum absolute atomic E-state index is 14.5. The number of benzene rings is 1. The Kier molecular flexibility index (Phi) is 5.58. The molecule has 4 bridgehead atoms. The number of amides is 3. The van der Waals surface area contributed by atoms with Gasteiger partial charge in [-0.15, -0.1) is 0 Å². The van der Waals surface area contributed by atoms with Gasteiger partial charge in [0.2, 0.25) is 11.8 Å². The largest absolute Gasteiger partial charge is 0.327 e. The lowest BCUT2D eigenvalue weighted by Gasteiger charge is -2.57. The van der Waals surface area contributed by atoms with Crippen LogP contribution in [0.2, 0.25) is 0 Å². The standard InChI is InChI=1S/C27H33IN2O3/c28-20-6-8-22(9-7-20)30-24(31)13-23(25(30)32)29(21-4-2-1-3-5-21)26(33)27-14-17-10-18(15-27)12-19(11-17)16-27/h6-9,17-19,21,23H,1-5,10-16H2. The van der Waals surface area contributed by atoms with Crippen molar-refractivity contribution in [2.45, 2.75) is 89.1 Å². The summed E-state index contributed by atoms with van der Waals surface area (Å²) in [7, 11) is 0. The van der Waals surface area contributed by atoms with Crippen molar-refractivity contribution in [3.8, 4) is 0 Å².